The second-order valence-corrected chi connectivity index (χ2v) is 5.82. The average molecular weight is 280 g/mol. The minimum atomic E-state index is -1.25. The third-order valence-electron chi connectivity index (χ3n) is 4.30. The zero-order chi connectivity index (χ0) is 14.7. The molecular weight excluding hydrogens is 259 g/mol. The summed E-state index contributed by atoms with van der Waals surface area (Å²) in [6.45, 7) is 4.84. The van der Waals surface area contributed by atoms with Crippen molar-refractivity contribution < 1.29 is 19.0 Å². The Labute approximate surface area is 118 Å². The molecule has 1 aromatic carbocycles. The van der Waals surface area contributed by atoms with Crippen LogP contribution in [-0.2, 0) is 11.3 Å². The molecule has 2 rings (SSSR count). The molecule has 1 fully saturated rings. The maximum Gasteiger partial charge on any atom is 0.338 e. The van der Waals surface area contributed by atoms with Gasteiger partial charge in [-0.05, 0) is 48.8 Å². The minimum absolute atomic E-state index is 0.222. The molecule has 0 bridgehead atoms. The topological polar surface area (TPSA) is 46.5 Å². The Bertz CT molecular complexity index is 487. The van der Waals surface area contributed by atoms with Crippen LogP contribution in [0.1, 0.15) is 49.0 Å². The van der Waals surface area contributed by atoms with Gasteiger partial charge in [0.25, 0.3) is 0 Å². The first-order chi connectivity index (χ1) is 9.47. The van der Waals surface area contributed by atoms with Crippen LogP contribution < -0.4 is 0 Å². The fourth-order valence-electron chi connectivity index (χ4n) is 2.69. The van der Waals surface area contributed by atoms with Crippen LogP contribution >= 0.6 is 0 Å². The summed E-state index contributed by atoms with van der Waals surface area (Å²) in [6.07, 6.45) is 3.46. The lowest BCUT2D eigenvalue weighted by Gasteiger charge is -2.32. The van der Waals surface area contributed by atoms with Crippen molar-refractivity contribution in [3.8, 4) is 0 Å². The van der Waals surface area contributed by atoms with Crippen LogP contribution in [0, 0.1) is 17.7 Å². The number of carboxylic acid groups (broad SMARTS) is 1. The van der Waals surface area contributed by atoms with Crippen molar-refractivity contribution in [2.75, 3.05) is 0 Å². The SMILES string of the molecule is CC1CCC(OCc2ccc(F)c(C(=O)O)c2)CC1C. The van der Waals surface area contributed by atoms with Crippen molar-refractivity contribution in [1.82, 2.24) is 0 Å². The number of carboxylic acids is 1. The average Bonchev–Trinajstić information content (AvgIpc) is 2.41. The van der Waals surface area contributed by atoms with Crippen LogP contribution in [0.4, 0.5) is 4.39 Å². The predicted octanol–water partition coefficient (Wildman–Crippen LogP) is 3.87. The number of halogens is 1. The lowest BCUT2D eigenvalue weighted by molar-refractivity contribution is -0.00748. The van der Waals surface area contributed by atoms with E-state index in [1.165, 1.54) is 12.1 Å². The number of ether oxygens (including phenoxy) is 1. The Hall–Kier alpha value is -1.42. The fraction of sp³-hybridized carbons (Fsp3) is 0.562. The molecule has 0 aliphatic heterocycles. The zero-order valence-electron chi connectivity index (χ0n) is 11.9. The van der Waals surface area contributed by atoms with Crippen LogP contribution in [0.2, 0.25) is 0 Å². The first-order valence-corrected chi connectivity index (χ1v) is 7.10. The molecule has 1 saturated carbocycles. The molecule has 3 unspecified atom stereocenters. The van der Waals surface area contributed by atoms with Gasteiger partial charge in [0.1, 0.15) is 5.82 Å². The van der Waals surface area contributed by atoms with Crippen LogP contribution in [0.5, 0.6) is 0 Å². The van der Waals surface area contributed by atoms with E-state index in [1.807, 2.05) is 0 Å². The summed E-state index contributed by atoms with van der Waals surface area (Å²) in [7, 11) is 0. The Morgan fingerprint density at radius 2 is 2.10 bits per heavy atom. The van der Waals surface area contributed by atoms with E-state index in [0.29, 0.717) is 18.1 Å². The monoisotopic (exact) mass is 280 g/mol. The predicted molar refractivity (Wildman–Crippen MR) is 74.1 cm³/mol. The summed E-state index contributed by atoms with van der Waals surface area (Å²) >= 11 is 0. The third-order valence-corrected chi connectivity index (χ3v) is 4.30. The van der Waals surface area contributed by atoms with E-state index in [2.05, 4.69) is 13.8 Å². The van der Waals surface area contributed by atoms with Gasteiger partial charge in [-0.15, -0.1) is 0 Å². The second kappa shape index (κ2) is 6.35. The van der Waals surface area contributed by atoms with E-state index in [1.54, 1.807) is 6.07 Å². The van der Waals surface area contributed by atoms with Gasteiger partial charge in [-0.2, -0.15) is 0 Å². The van der Waals surface area contributed by atoms with Crippen molar-refractivity contribution in [3.05, 3.63) is 35.1 Å². The smallest absolute Gasteiger partial charge is 0.338 e. The number of carbonyl (C=O) groups is 1. The standard InChI is InChI=1S/C16H21FO3/c1-10-3-5-13(7-11(10)2)20-9-12-4-6-15(17)14(8-12)16(18)19/h4,6,8,10-11,13H,3,5,7,9H2,1-2H3,(H,18,19). The lowest BCUT2D eigenvalue weighted by atomic mass is 9.80. The Kier molecular flexibility index (Phi) is 4.76. The number of hydrogen-bond acceptors (Lipinski definition) is 2. The largest absolute Gasteiger partial charge is 0.478 e. The Balaban J connectivity index is 1.94. The van der Waals surface area contributed by atoms with Gasteiger partial charge in [-0.3, -0.25) is 0 Å². The molecule has 0 spiro atoms. The van der Waals surface area contributed by atoms with Gasteiger partial charge in [0.05, 0.1) is 18.3 Å². The summed E-state index contributed by atoms with van der Waals surface area (Å²) in [6, 6.07) is 4.12. The van der Waals surface area contributed by atoms with E-state index in [-0.39, 0.29) is 11.7 Å². The first kappa shape index (κ1) is 15.0. The van der Waals surface area contributed by atoms with Crippen LogP contribution in [-0.4, -0.2) is 17.2 Å². The summed E-state index contributed by atoms with van der Waals surface area (Å²) in [5.41, 5.74) is 0.409. The van der Waals surface area contributed by atoms with Gasteiger partial charge in [0.2, 0.25) is 0 Å². The molecule has 1 aliphatic rings. The van der Waals surface area contributed by atoms with Gasteiger partial charge in [0, 0.05) is 0 Å². The zero-order valence-corrected chi connectivity index (χ0v) is 11.9. The highest BCUT2D eigenvalue weighted by Crippen LogP contribution is 2.31. The van der Waals surface area contributed by atoms with Crippen molar-refractivity contribution in [2.24, 2.45) is 11.8 Å². The van der Waals surface area contributed by atoms with Crippen LogP contribution in [0.3, 0.4) is 0 Å². The molecule has 0 radical (unpaired) electrons. The van der Waals surface area contributed by atoms with Gasteiger partial charge < -0.3 is 9.84 Å². The van der Waals surface area contributed by atoms with Gasteiger partial charge in [-0.25, -0.2) is 9.18 Å². The molecule has 1 aromatic rings. The van der Waals surface area contributed by atoms with Crippen molar-refractivity contribution >= 4 is 5.97 Å². The molecule has 0 amide bonds. The van der Waals surface area contributed by atoms with Gasteiger partial charge in [-0.1, -0.05) is 19.9 Å². The highest BCUT2D eigenvalue weighted by Gasteiger charge is 2.25. The molecule has 1 aliphatic carbocycles. The van der Waals surface area contributed by atoms with Crippen molar-refractivity contribution in [3.63, 3.8) is 0 Å². The Morgan fingerprint density at radius 3 is 2.75 bits per heavy atom. The summed E-state index contributed by atoms with van der Waals surface area (Å²) in [4.78, 5) is 10.9. The molecule has 4 heteroatoms. The highest BCUT2D eigenvalue weighted by molar-refractivity contribution is 5.88. The summed E-state index contributed by atoms with van der Waals surface area (Å²) in [5, 5.41) is 8.89. The molecule has 0 aromatic heterocycles. The van der Waals surface area contributed by atoms with Crippen LogP contribution in [0.25, 0.3) is 0 Å². The normalized spacial score (nSPS) is 26.4. The molecule has 20 heavy (non-hydrogen) atoms. The van der Waals surface area contributed by atoms with E-state index in [0.717, 1.165) is 25.2 Å². The third kappa shape index (κ3) is 3.57. The number of benzene rings is 1. The summed E-state index contributed by atoms with van der Waals surface area (Å²) in [5.74, 6) is -0.568. The van der Waals surface area contributed by atoms with Gasteiger partial charge in [0.15, 0.2) is 0 Å². The van der Waals surface area contributed by atoms with E-state index in [9.17, 15) is 9.18 Å². The second-order valence-electron chi connectivity index (χ2n) is 5.82. The number of aromatic carboxylic acids is 1. The number of rotatable bonds is 4. The van der Waals surface area contributed by atoms with Crippen LogP contribution in [0.15, 0.2) is 18.2 Å². The van der Waals surface area contributed by atoms with E-state index >= 15 is 0 Å². The maximum absolute atomic E-state index is 13.3. The maximum atomic E-state index is 13.3. The van der Waals surface area contributed by atoms with Crippen molar-refractivity contribution in [1.29, 1.82) is 0 Å². The quantitative estimate of drug-likeness (QED) is 0.910. The highest BCUT2D eigenvalue weighted by atomic mass is 19.1. The van der Waals surface area contributed by atoms with E-state index < -0.39 is 11.8 Å². The Morgan fingerprint density at radius 1 is 1.35 bits per heavy atom. The van der Waals surface area contributed by atoms with Crippen molar-refractivity contribution in [2.45, 2.75) is 45.8 Å². The van der Waals surface area contributed by atoms with E-state index in [4.69, 9.17) is 9.84 Å². The molecule has 0 saturated heterocycles. The summed E-state index contributed by atoms with van der Waals surface area (Å²) < 4.78 is 19.1. The molecule has 110 valence electrons. The first-order valence-electron chi connectivity index (χ1n) is 7.10. The minimum Gasteiger partial charge on any atom is -0.478 e. The number of hydrogen-bond donors (Lipinski definition) is 1. The van der Waals surface area contributed by atoms with Gasteiger partial charge >= 0.3 is 5.97 Å². The molecular formula is C16H21FO3. The molecule has 1 N–H and O–H groups in total. The fourth-order valence-corrected chi connectivity index (χ4v) is 2.69. The lowest BCUT2D eigenvalue weighted by Crippen LogP contribution is -2.26. The molecule has 0 heterocycles. The molecule has 3 atom stereocenters. The molecule has 3 nitrogen and oxygen atoms in total.